The van der Waals surface area contributed by atoms with Crippen LogP contribution in [0.2, 0.25) is 0 Å². The van der Waals surface area contributed by atoms with Crippen LogP contribution in [0.25, 0.3) is 0 Å². The van der Waals surface area contributed by atoms with Gasteiger partial charge in [0, 0.05) is 0 Å². The molecule has 0 saturated carbocycles. The summed E-state index contributed by atoms with van der Waals surface area (Å²) in [6, 6.07) is 0. The number of hydrogen-bond acceptors (Lipinski definition) is 6. The summed E-state index contributed by atoms with van der Waals surface area (Å²) in [7, 11) is 0. The Morgan fingerprint density at radius 3 is 2.00 bits per heavy atom. The van der Waals surface area contributed by atoms with Crippen LogP contribution >= 0.6 is 0 Å². The van der Waals surface area contributed by atoms with E-state index in [2.05, 4.69) is 10.1 Å². The van der Waals surface area contributed by atoms with Crippen molar-refractivity contribution in [2.24, 2.45) is 5.73 Å². The lowest BCUT2D eigenvalue weighted by Gasteiger charge is -1.86. The quantitative estimate of drug-likeness (QED) is 0.144. The topological polar surface area (TPSA) is 137 Å². The molecule has 0 saturated heterocycles. The van der Waals surface area contributed by atoms with Crippen LogP contribution in [0.3, 0.4) is 0 Å². The minimum Gasteiger partial charge on any atom is -0.375 e. The molecule has 9 heavy (non-hydrogen) atoms. The summed E-state index contributed by atoms with van der Waals surface area (Å²) in [5, 5.41) is 25.1. The molecule has 8 heteroatoms. The van der Waals surface area contributed by atoms with Gasteiger partial charge in [0.25, 0.3) is 11.1 Å². The minimum absolute atomic E-state index is 0.706. The standard InChI is InChI=1S/CH4N2O3S.H2O2/c2-1(3)7(5)6-4;1-2/h4H,(H3,2,3);1-2H. The number of nitrogens with two attached hydrogens (primary N) is 1. The molecule has 1 atom stereocenters. The van der Waals surface area contributed by atoms with Gasteiger partial charge in [-0.1, -0.05) is 0 Å². The fraction of sp³-hybridized carbons (Fsp3) is 0. The molecule has 0 aromatic rings. The van der Waals surface area contributed by atoms with Crippen LogP contribution in [0.15, 0.2) is 0 Å². The highest BCUT2D eigenvalue weighted by Crippen LogP contribution is 1.74. The Labute approximate surface area is 52.7 Å². The van der Waals surface area contributed by atoms with Gasteiger partial charge in [0.2, 0.25) is 5.17 Å². The second-order valence-electron chi connectivity index (χ2n) is 0.673. The molecular weight excluding hydrogens is 152 g/mol. The smallest absolute Gasteiger partial charge is 0.254 e. The number of rotatable bonds is 1. The molecule has 0 amide bonds. The van der Waals surface area contributed by atoms with Crippen molar-refractivity contribution < 1.29 is 24.3 Å². The molecule has 0 bridgehead atoms. The van der Waals surface area contributed by atoms with Gasteiger partial charge >= 0.3 is 0 Å². The molecule has 56 valence electrons. The Bertz CT molecular complexity index is 103. The number of nitrogens with one attached hydrogen (secondary N) is 1. The normalized spacial score (nSPS) is 11.0. The fourth-order valence-electron chi connectivity index (χ4n) is 0.0402. The molecule has 7 nitrogen and oxygen atoms in total. The number of amidine groups is 1. The Morgan fingerprint density at radius 1 is 1.67 bits per heavy atom. The van der Waals surface area contributed by atoms with Crippen molar-refractivity contribution in [1.82, 2.24) is 0 Å². The molecule has 0 aromatic carbocycles. The van der Waals surface area contributed by atoms with Crippen LogP contribution < -0.4 is 5.73 Å². The second kappa shape index (κ2) is 7.46. The van der Waals surface area contributed by atoms with Crippen molar-refractivity contribution in [2.75, 3.05) is 0 Å². The van der Waals surface area contributed by atoms with Gasteiger partial charge in [-0.25, -0.2) is 9.47 Å². The lowest BCUT2D eigenvalue weighted by Crippen LogP contribution is -2.17. The van der Waals surface area contributed by atoms with E-state index in [-0.39, 0.29) is 0 Å². The Hall–Kier alpha value is -0.540. The lowest BCUT2D eigenvalue weighted by atomic mass is 11.4. The molecule has 0 fully saturated rings. The maximum Gasteiger partial charge on any atom is 0.254 e. The number of hydrogen-bond donors (Lipinski definition) is 5. The van der Waals surface area contributed by atoms with Crippen LogP contribution in [0.4, 0.5) is 0 Å². The van der Waals surface area contributed by atoms with Crippen molar-refractivity contribution in [3.63, 3.8) is 0 Å². The molecule has 0 rings (SSSR count). The molecule has 0 radical (unpaired) electrons. The van der Waals surface area contributed by atoms with E-state index in [0.717, 1.165) is 0 Å². The first kappa shape index (κ1) is 11.3. The van der Waals surface area contributed by atoms with Crippen LogP contribution in [0, 0.1) is 5.41 Å². The summed E-state index contributed by atoms with van der Waals surface area (Å²) in [4.78, 5) is 0. The predicted molar refractivity (Wildman–Crippen MR) is 29.0 cm³/mol. The van der Waals surface area contributed by atoms with Crippen LogP contribution in [0.5, 0.6) is 0 Å². The largest absolute Gasteiger partial charge is 0.375 e. The van der Waals surface area contributed by atoms with Gasteiger partial charge in [0.15, 0.2) is 0 Å². The first-order chi connectivity index (χ1) is 4.18. The van der Waals surface area contributed by atoms with Gasteiger partial charge in [-0.05, 0) is 0 Å². The SMILES string of the molecule is N=C(N)S(=O)OO.OO. The average molecular weight is 158 g/mol. The van der Waals surface area contributed by atoms with E-state index in [4.69, 9.17) is 21.2 Å². The van der Waals surface area contributed by atoms with Crippen molar-refractivity contribution in [3.05, 3.63) is 0 Å². The molecular formula is CH6N2O5S. The van der Waals surface area contributed by atoms with Crippen LogP contribution in [-0.2, 0) is 15.4 Å². The van der Waals surface area contributed by atoms with Crippen LogP contribution in [-0.4, -0.2) is 25.1 Å². The van der Waals surface area contributed by atoms with Gasteiger partial charge < -0.3 is 5.73 Å². The van der Waals surface area contributed by atoms with Crippen LogP contribution in [0.1, 0.15) is 0 Å². The van der Waals surface area contributed by atoms with E-state index in [0.29, 0.717) is 0 Å². The zero-order chi connectivity index (χ0) is 7.86. The Kier molecular flexibility index (Phi) is 9.35. The molecule has 0 aliphatic heterocycles. The van der Waals surface area contributed by atoms with Gasteiger partial charge in [-0.2, -0.15) is 0 Å². The summed E-state index contributed by atoms with van der Waals surface area (Å²) in [6.45, 7) is 0. The van der Waals surface area contributed by atoms with E-state index < -0.39 is 16.2 Å². The third-order valence-electron chi connectivity index (χ3n) is 0.247. The van der Waals surface area contributed by atoms with E-state index in [1.165, 1.54) is 0 Å². The summed E-state index contributed by atoms with van der Waals surface area (Å²) in [5.41, 5.74) is 4.54. The summed E-state index contributed by atoms with van der Waals surface area (Å²) in [6.07, 6.45) is 0. The molecule has 0 heterocycles. The van der Waals surface area contributed by atoms with Crippen molar-refractivity contribution in [1.29, 1.82) is 5.41 Å². The molecule has 0 aliphatic carbocycles. The van der Waals surface area contributed by atoms with Crippen molar-refractivity contribution in [3.8, 4) is 0 Å². The highest BCUT2D eigenvalue weighted by atomic mass is 32.2. The zero-order valence-electron chi connectivity index (χ0n) is 4.14. The molecule has 0 spiro atoms. The van der Waals surface area contributed by atoms with Gasteiger partial charge in [0.05, 0.1) is 0 Å². The van der Waals surface area contributed by atoms with Crippen molar-refractivity contribution in [2.45, 2.75) is 0 Å². The molecule has 6 N–H and O–H groups in total. The van der Waals surface area contributed by atoms with E-state index >= 15 is 0 Å². The first-order valence-electron chi connectivity index (χ1n) is 1.46. The van der Waals surface area contributed by atoms with E-state index in [1.54, 1.807) is 0 Å². The molecule has 1 unspecified atom stereocenters. The monoisotopic (exact) mass is 158 g/mol. The predicted octanol–water partition coefficient (Wildman–Crippen LogP) is -0.949. The fourth-order valence-corrected chi connectivity index (χ4v) is 0.120. The summed E-state index contributed by atoms with van der Waals surface area (Å²) < 4.78 is 12.9. The third-order valence-corrected chi connectivity index (χ3v) is 0.742. The summed E-state index contributed by atoms with van der Waals surface area (Å²) >= 11 is -2.16. The molecule has 0 aromatic heterocycles. The Morgan fingerprint density at radius 2 is 2.00 bits per heavy atom. The summed E-state index contributed by atoms with van der Waals surface area (Å²) in [5.74, 6) is 0. The minimum atomic E-state index is -2.16. The highest BCUT2D eigenvalue weighted by Gasteiger charge is 1.98. The Balaban J connectivity index is 0. The molecule has 0 aliphatic rings. The maximum atomic E-state index is 9.80. The lowest BCUT2D eigenvalue weighted by molar-refractivity contribution is -0.176. The average Bonchev–Trinajstić information content (AvgIpc) is 1.91. The maximum absolute atomic E-state index is 9.80. The third kappa shape index (κ3) is 7.46. The van der Waals surface area contributed by atoms with Gasteiger partial charge in [-0.3, -0.25) is 15.9 Å². The zero-order valence-corrected chi connectivity index (χ0v) is 4.96. The van der Waals surface area contributed by atoms with Gasteiger partial charge in [-0.15, -0.1) is 4.33 Å². The van der Waals surface area contributed by atoms with Crippen molar-refractivity contribution >= 4 is 16.2 Å². The van der Waals surface area contributed by atoms with Gasteiger partial charge in [0.1, 0.15) is 0 Å². The first-order valence-corrected chi connectivity index (χ1v) is 2.53. The second-order valence-corrected chi connectivity index (χ2v) is 1.73. The van der Waals surface area contributed by atoms with E-state index in [1.807, 2.05) is 0 Å². The van der Waals surface area contributed by atoms with E-state index in [9.17, 15) is 4.21 Å². The highest BCUT2D eigenvalue weighted by molar-refractivity contribution is 7.96.